The molecule has 2 rings (SSSR count). The molecule has 2 aromatic rings. The number of benzene rings is 2. The van der Waals surface area contributed by atoms with Crippen LogP contribution < -0.4 is 4.74 Å². The third-order valence-corrected chi connectivity index (χ3v) is 2.77. The van der Waals surface area contributed by atoms with Gasteiger partial charge >= 0.3 is 0 Å². The minimum absolute atomic E-state index is 0.0173. The Bertz CT molecular complexity index is 547. The fraction of sp³-hybridized carbons (Fsp3) is 0.133. The van der Waals surface area contributed by atoms with Gasteiger partial charge in [0.25, 0.3) is 0 Å². The molecule has 18 heavy (non-hydrogen) atoms. The summed E-state index contributed by atoms with van der Waals surface area (Å²) in [5.74, 6) is 0.554. The van der Waals surface area contributed by atoms with Gasteiger partial charge in [-0.2, -0.15) is 0 Å². The van der Waals surface area contributed by atoms with E-state index in [4.69, 9.17) is 16.3 Å². The summed E-state index contributed by atoms with van der Waals surface area (Å²) in [6.07, 6.45) is 0. The zero-order chi connectivity index (χ0) is 13.0. The van der Waals surface area contributed by atoms with Gasteiger partial charge in [-0.05, 0) is 25.1 Å². The van der Waals surface area contributed by atoms with E-state index in [1.165, 1.54) is 0 Å². The third kappa shape index (κ3) is 3.34. The molecule has 0 aliphatic heterocycles. The van der Waals surface area contributed by atoms with Gasteiger partial charge in [0.15, 0.2) is 12.4 Å². The van der Waals surface area contributed by atoms with Crippen molar-refractivity contribution in [3.63, 3.8) is 0 Å². The quantitative estimate of drug-likeness (QED) is 0.779. The minimum atomic E-state index is -0.0463. The number of halogens is 1. The second-order valence-electron chi connectivity index (χ2n) is 4.04. The van der Waals surface area contributed by atoms with E-state index in [1.807, 2.05) is 19.1 Å². The molecular formula is C15H13ClO2. The number of hydrogen-bond acceptors (Lipinski definition) is 2. The zero-order valence-electron chi connectivity index (χ0n) is 10.0. The van der Waals surface area contributed by atoms with Gasteiger partial charge in [0.2, 0.25) is 0 Å². The summed E-state index contributed by atoms with van der Waals surface area (Å²) in [7, 11) is 0. The lowest BCUT2D eigenvalue weighted by Crippen LogP contribution is -2.11. The molecule has 0 saturated carbocycles. The number of ketones is 1. The Kier molecular flexibility index (Phi) is 4.00. The fourth-order valence-electron chi connectivity index (χ4n) is 1.53. The van der Waals surface area contributed by atoms with Crippen LogP contribution in [-0.2, 0) is 0 Å². The van der Waals surface area contributed by atoms with Crippen LogP contribution in [0.25, 0.3) is 0 Å². The van der Waals surface area contributed by atoms with Crippen LogP contribution in [0.5, 0.6) is 5.75 Å². The molecule has 2 aromatic carbocycles. The van der Waals surface area contributed by atoms with E-state index in [2.05, 4.69) is 0 Å². The molecule has 0 heterocycles. The van der Waals surface area contributed by atoms with Gasteiger partial charge in [-0.3, -0.25) is 4.79 Å². The van der Waals surface area contributed by atoms with Crippen LogP contribution in [0.4, 0.5) is 0 Å². The smallest absolute Gasteiger partial charge is 0.200 e. The number of ether oxygens (including phenoxy) is 1. The van der Waals surface area contributed by atoms with Crippen molar-refractivity contribution in [2.75, 3.05) is 6.61 Å². The second-order valence-corrected chi connectivity index (χ2v) is 4.47. The lowest BCUT2D eigenvalue weighted by atomic mass is 10.1. The average molecular weight is 261 g/mol. The van der Waals surface area contributed by atoms with Gasteiger partial charge in [0, 0.05) is 10.6 Å². The van der Waals surface area contributed by atoms with E-state index in [9.17, 15) is 4.79 Å². The van der Waals surface area contributed by atoms with Crippen molar-refractivity contribution >= 4 is 17.4 Å². The molecule has 92 valence electrons. The van der Waals surface area contributed by atoms with Crippen LogP contribution in [0.15, 0.2) is 48.5 Å². The summed E-state index contributed by atoms with van der Waals surface area (Å²) in [6, 6.07) is 14.4. The van der Waals surface area contributed by atoms with Gasteiger partial charge in [0.05, 0.1) is 0 Å². The first kappa shape index (κ1) is 12.7. The Morgan fingerprint density at radius 2 is 1.89 bits per heavy atom. The van der Waals surface area contributed by atoms with Crippen LogP contribution in [0.1, 0.15) is 15.9 Å². The van der Waals surface area contributed by atoms with Crippen LogP contribution in [0, 0.1) is 6.92 Å². The molecule has 3 heteroatoms. The van der Waals surface area contributed by atoms with Crippen LogP contribution in [-0.4, -0.2) is 12.4 Å². The van der Waals surface area contributed by atoms with E-state index in [-0.39, 0.29) is 12.4 Å². The maximum atomic E-state index is 11.9. The predicted octanol–water partition coefficient (Wildman–Crippen LogP) is 3.91. The molecule has 0 radical (unpaired) electrons. The van der Waals surface area contributed by atoms with E-state index >= 15 is 0 Å². The van der Waals surface area contributed by atoms with Crippen molar-refractivity contribution in [2.24, 2.45) is 0 Å². The van der Waals surface area contributed by atoms with Crippen LogP contribution in [0.2, 0.25) is 5.02 Å². The normalized spacial score (nSPS) is 10.1. The Balaban J connectivity index is 1.98. The number of Topliss-reactive ketones (excluding diaryl/α,β-unsaturated/α-hetero) is 1. The first-order valence-electron chi connectivity index (χ1n) is 5.63. The minimum Gasteiger partial charge on any atom is -0.485 e. The molecule has 0 amide bonds. The molecule has 2 nitrogen and oxygen atoms in total. The highest BCUT2D eigenvalue weighted by atomic mass is 35.5. The zero-order valence-corrected chi connectivity index (χ0v) is 10.8. The van der Waals surface area contributed by atoms with Crippen molar-refractivity contribution in [3.05, 3.63) is 64.7 Å². The van der Waals surface area contributed by atoms with Gasteiger partial charge < -0.3 is 4.74 Å². The van der Waals surface area contributed by atoms with E-state index in [0.717, 1.165) is 5.56 Å². The van der Waals surface area contributed by atoms with Crippen molar-refractivity contribution in [3.8, 4) is 5.75 Å². The summed E-state index contributed by atoms with van der Waals surface area (Å²) in [5, 5.41) is 0.593. The largest absolute Gasteiger partial charge is 0.485 e. The van der Waals surface area contributed by atoms with Gasteiger partial charge in [-0.25, -0.2) is 0 Å². The van der Waals surface area contributed by atoms with E-state index < -0.39 is 0 Å². The Morgan fingerprint density at radius 3 is 2.56 bits per heavy atom. The molecular weight excluding hydrogens is 248 g/mol. The van der Waals surface area contributed by atoms with Crippen molar-refractivity contribution in [2.45, 2.75) is 6.92 Å². The summed E-state index contributed by atoms with van der Waals surface area (Å²) in [5.41, 5.74) is 1.78. The summed E-state index contributed by atoms with van der Waals surface area (Å²) < 4.78 is 5.40. The van der Waals surface area contributed by atoms with Gasteiger partial charge in [0.1, 0.15) is 5.75 Å². The molecule has 0 N–H and O–H groups in total. The highest BCUT2D eigenvalue weighted by molar-refractivity contribution is 6.30. The fourth-order valence-corrected chi connectivity index (χ4v) is 1.71. The monoisotopic (exact) mass is 260 g/mol. The Hall–Kier alpha value is -1.80. The van der Waals surface area contributed by atoms with Crippen LogP contribution >= 0.6 is 11.6 Å². The number of rotatable bonds is 4. The van der Waals surface area contributed by atoms with Gasteiger partial charge in [-0.15, -0.1) is 0 Å². The molecule has 0 aromatic heterocycles. The summed E-state index contributed by atoms with van der Waals surface area (Å²) in [4.78, 5) is 11.9. The first-order valence-corrected chi connectivity index (χ1v) is 6.01. The first-order chi connectivity index (χ1) is 8.65. The average Bonchev–Trinajstić information content (AvgIpc) is 2.37. The van der Waals surface area contributed by atoms with E-state index in [0.29, 0.717) is 16.3 Å². The second kappa shape index (κ2) is 5.69. The SMILES string of the molecule is Cc1ccc(C(=O)COc2cccc(Cl)c2)cc1. The third-order valence-electron chi connectivity index (χ3n) is 2.54. The maximum Gasteiger partial charge on any atom is 0.200 e. The lowest BCUT2D eigenvalue weighted by Gasteiger charge is -2.06. The Labute approximate surface area is 111 Å². The maximum absolute atomic E-state index is 11.9. The number of hydrogen-bond donors (Lipinski definition) is 0. The molecule has 0 aliphatic rings. The molecule has 0 unspecified atom stereocenters. The topological polar surface area (TPSA) is 26.3 Å². The predicted molar refractivity (Wildman–Crippen MR) is 72.5 cm³/mol. The number of aryl methyl sites for hydroxylation is 1. The molecule has 0 fully saturated rings. The summed E-state index contributed by atoms with van der Waals surface area (Å²) >= 11 is 5.83. The molecule has 0 atom stereocenters. The van der Waals surface area contributed by atoms with Crippen molar-refractivity contribution < 1.29 is 9.53 Å². The molecule has 0 spiro atoms. The molecule has 0 saturated heterocycles. The summed E-state index contributed by atoms with van der Waals surface area (Å²) in [6.45, 7) is 2.00. The lowest BCUT2D eigenvalue weighted by molar-refractivity contribution is 0.0921. The molecule has 0 aliphatic carbocycles. The highest BCUT2D eigenvalue weighted by Gasteiger charge is 2.06. The van der Waals surface area contributed by atoms with Crippen molar-refractivity contribution in [1.29, 1.82) is 0 Å². The standard InChI is InChI=1S/C15H13ClO2/c1-11-5-7-12(8-6-11)15(17)10-18-14-4-2-3-13(16)9-14/h2-9H,10H2,1H3. The van der Waals surface area contributed by atoms with Crippen molar-refractivity contribution in [1.82, 2.24) is 0 Å². The molecule has 0 bridgehead atoms. The van der Waals surface area contributed by atoms with E-state index in [1.54, 1.807) is 36.4 Å². The Morgan fingerprint density at radius 1 is 1.17 bits per heavy atom. The highest BCUT2D eigenvalue weighted by Crippen LogP contribution is 2.17. The number of carbonyl (C=O) groups is 1. The number of carbonyl (C=O) groups excluding carboxylic acids is 1. The van der Waals surface area contributed by atoms with Gasteiger partial charge in [-0.1, -0.05) is 47.5 Å². The van der Waals surface area contributed by atoms with Crippen LogP contribution in [0.3, 0.4) is 0 Å².